The van der Waals surface area contributed by atoms with Gasteiger partial charge in [0.15, 0.2) is 0 Å². The number of aromatic amines is 1. The van der Waals surface area contributed by atoms with Crippen LogP contribution in [-0.2, 0) is 21.6 Å². The first-order valence-corrected chi connectivity index (χ1v) is 8.62. The third kappa shape index (κ3) is 3.06. The van der Waals surface area contributed by atoms with Gasteiger partial charge in [0.2, 0.25) is 5.91 Å². The van der Waals surface area contributed by atoms with E-state index >= 15 is 0 Å². The Hall–Kier alpha value is -1.85. The zero-order valence-corrected chi connectivity index (χ0v) is 14.5. The zero-order valence-electron chi connectivity index (χ0n) is 14.5. The largest absolute Gasteiger partial charge is 0.396 e. The van der Waals surface area contributed by atoms with Crippen LogP contribution >= 0.6 is 0 Å². The number of hydrogen-bond donors (Lipinski definition) is 2. The van der Waals surface area contributed by atoms with E-state index in [1.807, 2.05) is 6.07 Å². The van der Waals surface area contributed by atoms with E-state index < -0.39 is 5.60 Å². The van der Waals surface area contributed by atoms with E-state index in [-0.39, 0.29) is 12.5 Å². The van der Waals surface area contributed by atoms with Gasteiger partial charge in [-0.2, -0.15) is 0 Å². The van der Waals surface area contributed by atoms with Gasteiger partial charge in [0, 0.05) is 38.0 Å². The number of aliphatic hydroxyl groups excluding tert-OH is 1. The Morgan fingerprint density at radius 2 is 2.12 bits per heavy atom. The molecule has 0 saturated heterocycles. The third-order valence-corrected chi connectivity index (χ3v) is 4.98. The van der Waals surface area contributed by atoms with E-state index in [1.165, 1.54) is 10.9 Å². The van der Waals surface area contributed by atoms with Crippen molar-refractivity contribution in [2.24, 2.45) is 0 Å². The Labute approximate surface area is 142 Å². The standard InChI is InChI=1S/C19H26N2O3/c1-21(2)17(23)8-11-19(10-5-12-22)18-15(9-13-24-19)14-6-3-4-7-16(14)20-18/h3-4,6-7,20,22H,5,8-13H2,1-2H3. The minimum Gasteiger partial charge on any atom is -0.396 e. The molecule has 1 aromatic heterocycles. The minimum absolute atomic E-state index is 0.102. The summed E-state index contributed by atoms with van der Waals surface area (Å²) in [5, 5.41) is 10.6. The molecule has 1 aromatic carbocycles. The maximum absolute atomic E-state index is 12.1. The maximum atomic E-state index is 12.1. The number of aliphatic hydroxyl groups is 1. The Morgan fingerprint density at radius 1 is 1.33 bits per heavy atom. The van der Waals surface area contributed by atoms with Crippen molar-refractivity contribution in [2.75, 3.05) is 27.3 Å². The van der Waals surface area contributed by atoms with Crippen LogP contribution in [0.2, 0.25) is 0 Å². The molecule has 24 heavy (non-hydrogen) atoms. The number of rotatable bonds is 6. The van der Waals surface area contributed by atoms with Gasteiger partial charge in [0.1, 0.15) is 5.60 Å². The number of nitrogens with zero attached hydrogens (tertiary/aromatic N) is 1. The van der Waals surface area contributed by atoms with Crippen molar-refractivity contribution in [3.05, 3.63) is 35.5 Å². The number of fused-ring (bicyclic) bond motifs is 3. The molecule has 1 aliphatic rings. The van der Waals surface area contributed by atoms with Crippen LogP contribution in [0.15, 0.2) is 24.3 Å². The van der Waals surface area contributed by atoms with Gasteiger partial charge in [-0.3, -0.25) is 4.79 Å². The molecule has 2 heterocycles. The van der Waals surface area contributed by atoms with Crippen molar-refractivity contribution < 1.29 is 14.6 Å². The van der Waals surface area contributed by atoms with Gasteiger partial charge >= 0.3 is 0 Å². The van der Waals surface area contributed by atoms with Crippen LogP contribution < -0.4 is 0 Å². The molecule has 0 radical (unpaired) electrons. The highest BCUT2D eigenvalue weighted by Crippen LogP contribution is 2.43. The first kappa shape index (κ1) is 17.0. The van der Waals surface area contributed by atoms with Crippen LogP contribution in [0, 0.1) is 0 Å². The number of carbonyl (C=O) groups is 1. The zero-order chi connectivity index (χ0) is 17.2. The van der Waals surface area contributed by atoms with E-state index in [0.717, 1.165) is 17.6 Å². The quantitative estimate of drug-likeness (QED) is 0.855. The van der Waals surface area contributed by atoms with Crippen LogP contribution in [-0.4, -0.2) is 48.2 Å². The fraction of sp³-hybridized carbons (Fsp3) is 0.526. The summed E-state index contributed by atoms with van der Waals surface area (Å²) in [7, 11) is 3.55. The fourth-order valence-electron chi connectivity index (χ4n) is 3.69. The number of amides is 1. The van der Waals surface area contributed by atoms with E-state index in [2.05, 4.69) is 23.2 Å². The first-order valence-electron chi connectivity index (χ1n) is 8.62. The lowest BCUT2D eigenvalue weighted by atomic mass is 9.83. The molecule has 1 unspecified atom stereocenters. The molecule has 130 valence electrons. The third-order valence-electron chi connectivity index (χ3n) is 4.98. The number of para-hydroxylation sites is 1. The molecule has 5 nitrogen and oxygen atoms in total. The Morgan fingerprint density at radius 3 is 2.88 bits per heavy atom. The molecule has 0 aliphatic carbocycles. The van der Waals surface area contributed by atoms with Gasteiger partial charge in [0.05, 0.1) is 12.3 Å². The molecule has 0 saturated carbocycles. The number of carbonyl (C=O) groups excluding carboxylic acids is 1. The number of benzene rings is 1. The summed E-state index contributed by atoms with van der Waals surface area (Å²) < 4.78 is 6.24. The smallest absolute Gasteiger partial charge is 0.222 e. The van der Waals surface area contributed by atoms with Gasteiger partial charge in [-0.15, -0.1) is 0 Å². The summed E-state index contributed by atoms with van der Waals surface area (Å²) in [6.45, 7) is 0.777. The summed E-state index contributed by atoms with van der Waals surface area (Å²) in [5.74, 6) is 0.102. The summed E-state index contributed by atoms with van der Waals surface area (Å²) in [5.41, 5.74) is 2.99. The average Bonchev–Trinajstić information content (AvgIpc) is 2.98. The van der Waals surface area contributed by atoms with E-state index in [4.69, 9.17) is 4.74 Å². The Kier molecular flexibility index (Phi) is 4.92. The fourth-order valence-corrected chi connectivity index (χ4v) is 3.69. The molecule has 1 amide bonds. The van der Waals surface area contributed by atoms with Gasteiger partial charge < -0.3 is 19.7 Å². The van der Waals surface area contributed by atoms with Crippen LogP contribution in [0.4, 0.5) is 0 Å². The number of hydrogen-bond acceptors (Lipinski definition) is 3. The lowest BCUT2D eigenvalue weighted by Gasteiger charge is -2.38. The molecule has 1 aliphatic heterocycles. The number of ether oxygens (including phenoxy) is 1. The van der Waals surface area contributed by atoms with Gasteiger partial charge in [0.25, 0.3) is 0 Å². The normalized spacial score (nSPS) is 20.1. The molecule has 0 spiro atoms. The van der Waals surface area contributed by atoms with Crippen LogP contribution in [0.3, 0.4) is 0 Å². The summed E-state index contributed by atoms with van der Waals surface area (Å²) in [6.07, 6.45) is 3.31. The van der Waals surface area contributed by atoms with Crippen LogP contribution in [0.1, 0.15) is 36.9 Å². The Balaban J connectivity index is 1.98. The van der Waals surface area contributed by atoms with E-state index in [0.29, 0.717) is 32.3 Å². The van der Waals surface area contributed by atoms with Crippen molar-refractivity contribution in [1.82, 2.24) is 9.88 Å². The Bertz CT molecular complexity index is 722. The highest BCUT2D eigenvalue weighted by atomic mass is 16.5. The van der Waals surface area contributed by atoms with E-state index in [1.54, 1.807) is 19.0 Å². The monoisotopic (exact) mass is 330 g/mol. The highest BCUT2D eigenvalue weighted by Gasteiger charge is 2.40. The minimum atomic E-state index is -0.513. The molecule has 3 rings (SSSR count). The van der Waals surface area contributed by atoms with Crippen molar-refractivity contribution in [3.8, 4) is 0 Å². The van der Waals surface area contributed by atoms with E-state index in [9.17, 15) is 9.90 Å². The summed E-state index contributed by atoms with van der Waals surface area (Å²) in [4.78, 5) is 17.3. The van der Waals surface area contributed by atoms with Crippen LogP contribution in [0.25, 0.3) is 10.9 Å². The topological polar surface area (TPSA) is 65.6 Å². The lowest BCUT2D eigenvalue weighted by Crippen LogP contribution is -2.37. The maximum Gasteiger partial charge on any atom is 0.222 e. The second-order valence-corrected chi connectivity index (χ2v) is 6.73. The lowest BCUT2D eigenvalue weighted by molar-refractivity contribution is -0.132. The summed E-state index contributed by atoms with van der Waals surface area (Å²) >= 11 is 0. The van der Waals surface area contributed by atoms with Crippen LogP contribution in [0.5, 0.6) is 0 Å². The van der Waals surface area contributed by atoms with Crippen molar-refractivity contribution in [1.29, 1.82) is 0 Å². The van der Waals surface area contributed by atoms with Crippen molar-refractivity contribution in [3.63, 3.8) is 0 Å². The molecular formula is C19H26N2O3. The molecule has 2 N–H and O–H groups in total. The summed E-state index contributed by atoms with van der Waals surface area (Å²) in [6, 6.07) is 8.29. The number of nitrogens with one attached hydrogen (secondary N) is 1. The SMILES string of the molecule is CN(C)C(=O)CCC1(CCCO)OCCc2c1[nH]c1ccccc21. The van der Waals surface area contributed by atoms with Crippen molar-refractivity contribution in [2.45, 2.75) is 37.7 Å². The molecule has 5 heteroatoms. The predicted octanol–water partition coefficient (Wildman–Crippen LogP) is 2.58. The predicted molar refractivity (Wildman–Crippen MR) is 93.9 cm³/mol. The van der Waals surface area contributed by atoms with Gasteiger partial charge in [-0.1, -0.05) is 18.2 Å². The molecule has 2 aromatic rings. The first-order chi connectivity index (χ1) is 11.6. The van der Waals surface area contributed by atoms with Crippen molar-refractivity contribution >= 4 is 16.8 Å². The number of aromatic nitrogens is 1. The van der Waals surface area contributed by atoms with Gasteiger partial charge in [-0.25, -0.2) is 0 Å². The molecule has 0 fully saturated rings. The molecule has 0 bridgehead atoms. The molecule has 1 atom stereocenters. The number of H-pyrrole nitrogens is 1. The second-order valence-electron chi connectivity index (χ2n) is 6.73. The second kappa shape index (κ2) is 6.95. The van der Waals surface area contributed by atoms with Gasteiger partial charge in [-0.05, 0) is 37.3 Å². The average molecular weight is 330 g/mol. The molecular weight excluding hydrogens is 304 g/mol. The highest BCUT2D eigenvalue weighted by molar-refractivity contribution is 5.85.